The summed E-state index contributed by atoms with van der Waals surface area (Å²) in [6.07, 6.45) is -2.19. The summed E-state index contributed by atoms with van der Waals surface area (Å²) < 4.78 is 42.6. The normalized spacial score (nSPS) is 15.2. The summed E-state index contributed by atoms with van der Waals surface area (Å²) >= 11 is 0. The van der Waals surface area contributed by atoms with E-state index < -0.39 is 30.5 Å². The standard InChI is InChI=1S/C17H16F3NO4/c18-17(19,20)7-13(16(23)24)21-15(22)6-11-8-25-14-5-10-3-1-2-9(10)4-12(11)14/h4-5,8,13H,1-3,6-7H2,(H,21,22)(H,23,24). The predicted octanol–water partition coefficient (Wildman–Crippen LogP) is 2.99. The van der Waals surface area contributed by atoms with Gasteiger partial charge in [0.2, 0.25) is 5.91 Å². The third-order valence-corrected chi connectivity index (χ3v) is 4.29. The number of hydrogen-bond acceptors (Lipinski definition) is 3. The van der Waals surface area contributed by atoms with E-state index in [0.717, 1.165) is 24.6 Å². The third-order valence-electron chi connectivity index (χ3n) is 4.29. The summed E-state index contributed by atoms with van der Waals surface area (Å²) in [4.78, 5) is 22.9. The molecule has 1 aromatic carbocycles. The molecule has 1 heterocycles. The van der Waals surface area contributed by atoms with Gasteiger partial charge in [0.05, 0.1) is 19.1 Å². The number of nitrogens with one attached hydrogen (secondary N) is 1. The summed E-state index contributed by atoms with van der Waals surface area (Å²) in [6.45, 7) is 0. The number of hydrogen-bond donors (Lipinski definition) is 2. The summed E-state index contributed by atoms with van der Waals surface area (Å²) in [7, 11) is 0. The van der Waals surface area contributed by atoms with E-state index in [-0.39, 0.29) is 6.42 Å². The van der Waals surface area contributed by atoms with Gasteiger partial charge in [-0.05, 0) is 42.5 Å². The smallest absolute Gasteiger partial charge is 0.391 e. The van der Waals surface area contributed by atoms with E-state index in [4.69, 9.17) is 9.52 Å². The molecule has 0 fully saturated rings. The molecule has 0 radical (unpaired) electrons. The van der Waals surface area contributed by atoms with Crippen LogP contribution in [0.4, 0.5) is 13.2 Å². The molecule has 0 saturated heterocycles. The molecule has 0 saturated carbocycles. The van der Waals surface area contributed by atoms with E-state index in [1.807, 2.05) is 17.4 Å². The fourth-order valence-electron chi connectivity index (χ4n) is 3.13. The van der Waals surface area contributed by atoms with Crippen molar-refractivity contribution in [2.75, 3.05) is 0 Å². The Labute approximate surface area is 140 Å². The number of aliphatic carboxylic acids is 1. The Morgan fingerprint density at radius 2 is 1.92 bits per heavy atom. The lowest BCUT2D eigenvalue weighted by molar-refractivity contribution is -0.159. The van der Waals surface area contributed by atoms with Crippen LogP contribution in [-0.4, -0.2) is 29.2 Å². The van der Waals surface area contributed by atoms with Gasteiger partial charge >= 0.3 is 12.1 Å². The van der Waals surface area contributed by atoms with Crippen LogP contribution in [0.2, 0.25) is 0 Å². The largest absolute Gasteiger partial charge is 0.480 e. The number of carbonyl (C=O) groups excluding carboxylic acids is 1. The first-order chi connectivity index (χ1) is 11.7. The van der Waals surface area contributed by atoms with Crippen molar-refractivity contribution in [3.05, 3.63) is 35.1 Å². The van der Waals surface area contributed by atoms with Gasteiger partial charge in [0.1, 0.15) is 11.6 Å². The molecule has 1 atom stereocenters. The molecule has 0 aliphatic heterocycles. The van der Waals surface area contributed by atoms with Crippen LogP contribution in [0.25, 0.3) is 11.0 Å². The second-order valence-corrected chi connectivity index (χ2v) is 6.19. The highest BCUT2D eigenvalue weighted by molar-refractivity contribution is 5.90. The number of alkyl halides is 3. The zero-order valence-electron chi connectivity index (χ0n) is 13.2. The Kier molecular flexibility index (Phi) is 4.45. The molecule has 1 aliphatic carbocycles. The molecular formula is C17H16F3NO4. The number of aryl methyl sites for hydroxylation is 2. The fourth-order valence-corrected chi connectivity index (χ4v) is 3.13. The van der Waals surface area contributed by atoms with Crippen molar-refractivity contribution in [3.63, 3.8) is 0 Å². The van der Waals surface area contributed by atoms with Crippen LogP contribution in [0.3, 0.4) is 0 Å². The zero-order chi connectivity index (χ0) is 18.2. The number of benzene rings is 1. The topological polar surface area (TPSA) is 79.5 Å². The molecule has 1 amide bonds. The van der Waals surface area contributed by atoms with Crippen LogP contribution in [0.5, 0.6) is 0 Å². The number of carbonyl (C=O) groups is 2. The molecule has 3 rings (SSSR count). The summed E-state index contributed by atoms with van der Waals surface area (Å²) in [5.41, 5.74) is 3.52. The van der Waals surface area contributed by atoms with Crippen molar-refractivity contribution in [1.29, 1.82) is 0 Å². The minimum absolute atomic E-state index is 0.243. The third kappa shape index (κ3) is 3.94. The maximum atomic E-state index is 12.4. The summed E-state index contributed by atoms with van der Waals surface area (Å²) in [6, 6.07) is 1.85. The van der Waals surface area contributed by atoms with E-state index in [1.165, 1.54) is 17.4 Å². The van der Waals surface area contributed by atoms with Crippen LogP contribution < -0.4 is 5.32 Å². The van der Waals surface area contributed by atoms with Gasteiger partial charge in [-0.15, -0.1) is 0 Å². The van der Waals surface area contributed by atoms with Crippen LogP contribution in [0.1, 0.15) is 29.5 Å². The van der Waals surface area contributed by atoms with Crippen LogP contribution in [0.15, 0.2) is 22.8 Å². The highest BCUT2D eigenvalue weighted by Crippen LogP contribution is 2.30. The van der Waals surface area contributed by atoms with Gasteiger partial charge in [-0.2, -0.15) is 13.2 Å². The van der Waals surface area contributed by atoms with E-state index in [1.54, 1.807) is 0 Å². The lowest BCUT2D eigenvalue weighted by Gasteiger charge is -2.16. The van der Waals surface area contributed by atoms with Crippen molar-refractivity contribution in [1.82, 2.24) is 5.32 Å². The quantitative estimate of drug-likeness (QED) is 0.864. The lowest BCUT2D eigenvalue weighted by Crippen LogP contribution is -2.44. The van der Waals surface area contributed by atoms with E-state index in [0.29, 0.717) is 11.1 Å². The molecule has 134 valence electrons. The molecule has 0 bridgehead atoms. The number of furan rings is 1. The number of fused-ring (bicyclic) bond motifs is 2. The van der Waals surface area contributed by atoms with Crippen LogP contribution >= 0.6 is 0 Å². The number of amides is 1. The molecule has 1 aliphatic rings. The van der Waals surface area contributed by atoms with Crippen molar-refractivity contribution < 1.29 is 32.3 Å². The Morgan fingerprint density at radius 3 is 2.56 bits per heavy atom. The van der Waals surface area contributed by atoms with Gasteiger partial charge in [0.25, 0.3) is 0 Å². The summed E-state index contributed by atoms with van der Waals surface area (Å²) in [5.74, 6) is -2.51. The molecule has 0 spiro atoms. The second-order valence-electron chi connectivity index (χ2n) is 6.19. The number of carboxylic acids is 1. The van der Waals surface area contributed by atoms with Crippen molar-refractivity contribution in [3.8, 4) is 0 Å². The van der Waals surface area contributed by atoms with E-state index >= 15 is 0 Å². The first kappa shape index (κ1) is 17.3. The van der Waals surface area contributed by atoms with Gasteiger partial charge < -0.3 is 14.8 Å². The molecular weight excluding hydrogens is 339 g/mol. The lowest BCUT2D eigenvalue weighted by atomic mass is 10.0. The van der Waals surface area contributed by atoms with Crippen molar-refractivity contribution in [2.24, 2.45) is 0 Å². The summed E-state index contributed by atoms with van der Waals surface area (Å²) in [5, 5.41) is 11.5. The Hall–Kier alpha value is -2.51. The monoisotopic (exact) mass is 355 g/mol. The van der Waals surface area contributed by atoms with Crippen molar-refractivity contribution >= 4 is 22.8 Å². The molecule has 2 N–H and O–H groups in total. The molecule has 2 aromatic rings. The highest BCUT2D eigenvalue weighted by Gasteiger charge is 2.36. The Balaban J connectivity index is 1.74. The second kappa shape index (κ2) is 6.42. The fraction of sp³-hybridized carbons (Fsp3) is 0.412. The van der Waals surface area contributed by atoms with Crippen LogP contribution in [0, 0.1) is 0 Å². The van der Waals surface area contributed by atoms with Crippen LogP contribution in [-0.2, 0) is 28.9 Å². The maximum absolute atomic E-state index is 12.4. The molecule has 5 nitrogen and oxygen atoms in total. The number of carboxylic acid groups (broad SMARTS) is 1. The first-order valence-electron chi connectivity index (χ1n) is 7.84. The number of rotatable bonds is 5. The SMILES string of the molecule is O=C(Cc1coc2cc3c(cc12)CCC3)NC(CC(F)(F)F)C(=O)O. The Morgan fingerprint density at radius 1 is 1.24 bits per heavy atom. The van der Waals surface area contributed by atoms with Gasteiger partial charge in [0, 0.05) is 10.9 Å². The molecule has 1 aromatic heterocycles. The molecule has 1 unspecified atom stereocenters. The highest BCUT2D eigenvalue weighted by atomic mass is 19.4. The predicted molar refractivity (Wildman–Crippen MR) is 82.2 cm³/mol. The Bertz CT molecular complexity index is 825. The zero-order valence-corrected chi connectivity index (χ0v) is 13.2. The minimum atomic E-state index is -4.68. The average Bonchev–Trinajstić information content (AvgIpc) is 3.09. The molecule has 25 heavy (non-hydrogen) atoms. The molecule has 8 heteroatoms. The average molecular weight is 355 g/mol. The first-order valence-corrected chi connectivity index (χ1v) is 7.84. The van der Waals surface area contributed by atoms with Gasteiger partial charge in [-0.25, -0.2) is 4.79 Å². The van der Waals surface area contributed by atoms with Crippen molar-refractivity contribution in [2.45, 2.75) is 44.3 Å². The van der Waals surface area contributed by atoms with Gasteiger partial charge in [0.15, 0.2) is 0 Å². The van der Waals surface area contributed by atoms with E-state index in [9.17, 15) is 22.8 Å². The number of halogens is 3. The van der Waals surface area contributed by atoms with Gasteiger partial charge in [-0.1, -0.05) is 0 Å². The minimum Gasteiger partial charge on any atom is -0.480 e. The van der Waals surface area contributed by atoms with Gasteiger partial charge in [-0.3, -0.25) is 4.79 Å². The maximum Gasteiger partial charge on any atom is 0.391 e. The van der Waals surface area contributed by atoms with E-state index in [2.05, 4.69) is 0 Å².